The lowest BCUT2D eigenvalue weighted by Gasteiger charge is -2.04. The van der Waals surface area contributed by atoms with Gasteiger partial charge in [0.25, 0.3) is 0 Å². The first-order valence-corrected chi connectivity index (χ1v) is 4.46. The molecule has 0 bridgehead atoms. The van der Waals surface area contributed by atoms with Crippen LogP contribution in [0.15, 0.2) is 11.4 Å². The monoisotopic (exact) mass is 185 g/mol. The predicted molar refractivity (Wildman–Crippen MR) is 48.3 cm³/mol. The van der Waals surface area contributed by atoms with Crippen molar-refractivity contribution < 1.29 is 9.53 Å². The molecule has 1 heterocycles. The Bertz CT molecular complexity index is 280. The molecular formula is C8H11NO2S. The van der Waals surface area contributed by atoms with Gasteiger partial charge in [-0.2, -0.15) is 0 Å². The van der Waals surface area contributed by atoms with Crippen LogP contribution in [-0.2, 0) is 4.74 Å². The molecule has 0 aromatic carbocycles. The molecule has 0 aliphatic rings. The third-order valence-electron chi connectivity index (χ3n) is 1.51. The number of carbonyl (C=O) groups is 1. The Hall–Kier alpha value is -0.870. The van der Waals surface area contributed by atoms with Crippen LogP contribution in [0.3, 0.4) is 0 Å². The Labute approximate surface area is 75.1 Å². The maximum Gasteiger partial charge on any atom is 0.339 e. The quantitative estimate of drug-likeness (QED) is 0.711. The van der Waals surface area contributed by atoms with E-state index in [9.17, 15) is 4.79 Å². The molecule has 3 nitrogen and oxygen atoms in total. The molecule has 2 N–H and O–H groups in total. The first-order chi connectivity index (χ1) is 5.66. The summed E-state index contributed by atoms with van der Waals surface area (Å²) in [5.41, 5.74) is 6.24. The minimum Gasteiger partial charge on any atom is -0.465 e. The maximum absolute atomic E-state index is 11.1. The average Bonchev–Trinajstić information content (AvgIpc) is 2.50. The minimum atomic E-state index is -0.316. The summed E-state index contributed by atoms with van der Waals surface area (Å²) in [5, 5.41) is 1.84. The van der Waals surface area contributed by atoms with Crippen molar-refractivity contribution in [2.45, 2.75) is 13.0 Å². The van der Waals surface area contributed by atoms with Crippen LogP contribution in [-0.4, -0.2) is 13.1 Å². The molecule has 1 aromatic heterocycles. The van der Waals surface area contributed by atoms with E-state index in [1.54, 1.807) is 6.07 Å². The maximum atomic E-state index is 11.1. The van der Waals surface area contributed by atoms with E-state index < -0.39 is 0 Å². The summed E-state index contributed by atoms with van der Waals surface area (Å²) in [4.78, 5) is 12.0. The van der Waals surface area contributed by atoms with Crippen molar-refractivity contribution in [3.8, 4) is 0 Å². The highest BCUT2D eigenvalue weighted by Gasteiger charge is 2.15. The zero-order chi connectivity index (χ0) is 9.14. The first kappa shape index (κ1) is 9.22. The Morgan fingerprint density at radius 3 is 2.92 bits per heavy atom. The Morgan fingerprint density at radius 2 is 2.42 bits per heavy atom. The van der Waals surface area contributed by atoms with Gasteiger partial charge in [-0.3, -0.25) is 0 Å². The highest BCUT2D eigenvalue weighted by atomic mass is 32.1. The molecule has 0 unspecified atom stereocenters. The van der Waals surface area contributed by atoms with Crippen LogP contribution in [0.5, 0.6) is 0 Å². The van der Waals surface area contributed by atoms with Gasteiger partial charge in [-0.05, 0) is 18.4 Å². The molecule has 0 fully saturated rings. The van der Waals surface area contributed by atoms with E-state index in [4.69, 9.17) is 5.73 Å². The summed E-state index contributed by atoms with van der Waals surface area (Å²) in [5.74, 6) is -0.316. The lowest BCUT2D eigenvalue weighted by molar-refractivity contribution is 0.0600. The molecule has 12 heavy (non-hydrogen) atoms. The van der Waals surface area contributed by atoms with Gasteiger partial charge in [-0.1, -0.05) is 0 Å². The molecule has 1 atom stereocenters. The van der Waals surface area contributed by atoms with E-state index >= 15 is 0 Å². The van der Waals surface area contributed by atoms with Crippen molar-refractivity contribution in [1.82, 2.24) is 0 Å². The number of carbonyl (C=O) groups excluding carboxylic acids is 1. The fraction of sp³-hybridized carbons (Fsp3) is 0.375. The van der Waals surface area contributed by atoms with E-state index in [2.05, 4.69) is 4.74 Å². The predicted octanol–water partition coefficient (Wildman–Crippen LogP) is 1.55. The molecule has 0 saturated carbocycles. The number of nitrogens with two attached hydrogens (primary N) is 1. The van der Waals surface area contributed by atoms with Crippen molar-refractivity contribution in [3.63, 3.8) is 0 Å². The average molecular weight is 185 g/mol. The molecule has 0 aliphatic heterocycles. The molecule has 0 amide bonds. The number of hydrogen-bond donors (Lipinski definition) is 1. The summed E-state index contributed by atoms with van der Waals surface area (Å²) < 4.78 is 4.60. The number of ether oxygens (including phenoxy) is 1. The van der Waals surface area contributed by atoms with Crippen LogP contribution < -0.4 is 5.73 Å². The Balaban J connectivity index is 2.99. The molecule has 0 radical (unpaired) electrons. The highest BCUT2D eigenvalue weighted by molar-refractivity contribution is 7.10. The third-order valence-corrected chi connectivity index (χ3v) is 2.63. The summed E-state index contributed by atoms with van der Waals surface area (Å²) in [6.45, 7) is 1.85. The van der Waals surface area contributed by atoms with Crippen molar-refractivity contribution >= 4 is 17.3 Å². The second-order valence-electron chi connectivity index (χ2n) is 2.48. The van der Waals surface area contributed by atoms with E-state index in [-0.39, 0.29) is 12.0 Å². The summed E-state index contributed by atoms with van der Waals surface area (Å²) in [7, 11) is 1.37. The first-order valence-electron chi connectivity index (χ1n) is 3.58. The van der Waals surface area contributed by atoms with Gasteiger partial charge >= 0.3 is 5.97 Å². The normalized spacial score (nSPS) is 12.6. The van der Waals surface area contributed by atoms with E-state index in [0.717, 1.165) is 4.88 Å². The lowest BCUT2D eigenvalue weighted by Crippen LogP contribution is -2.09. The smallest absolute Gasteiger partial charge is 0.339 e. The third kappa shape index (κ3) is 1.65. The van der Waals surface area contributed by atoms with Crippen LogP contribution in [0.1, 0.15) is 28.2 Å². The lowest BCUT2D eigenvalue weighted by atomic mass is 10.2. The number of methoxy groups -OCH3 is 1. The number of rotatable bonds is 2. The van der Waals surface area contributed by atoms with Gasteiger partial charge in [0.05, 0.1) is 12.7 Å². The van der Waals surface area contributed by atoms with Gasteiger partial charge in [0.1, 0.15) is 0 Å². The molecule has 0 saturated heterocycles. The zero-order valence-corrected chi connectivity index (χ0v) is 7.85. The Kier molecular flexibility index (Phi) is 2.83. The molecule has 1 rings (SSSR count). The van der Waals surface area contributed by atoms with Crippen LogP contribution in [0.25, 0.3) is 0 Å². The second kappa shape index (κ2) is 3.69. The van der Waals surface area contributed by atoms with E-state index in [1.807, 2.05) is 12.3 Å². The van der Waals surface area contributed by atoms with E-state index in [1.165, 1.54) is 18.4 Å². The standard InChI is InChI=1S/C8H11NO2S/c1-5(9)7-6(3-4-12-7)8(10)11-2/h3-5H,9H2,1-2H3/t5-/m1/s1. The highest BCUT2D eigenvalue weighted by Crippen LogP contribution is 2.22. The summed E-state index contributed by atoms with van der Waals surface area (Å²) in [6.07, 6.45) is 0. The molecule has 0 aliphatic carbocycles. The molecular weight excluding hydrogens is 174 g/mol. The molecule has 4 heteroatoms. The minimum absolute atomic E-state index is 0.112. The SMILES string of the molecule is COC(=O)c1ccsc1[C@@H](C)N. The van der Waals surface area contributed by atoms with Gasteiger partial charge in [-0.25, -0.2) is 4.79 Å². The van der Waals surface area contributed by atoms with Gasteiger partial charge in [-0.15, -0.1) is 11.3 Å². The van der Waals surface area contributed by atoms with Crippen molar-refractivity contribution in [2.75, 3.05) is 7.11 Å². The van der Waals surface area contributed by atoms with Gasteiger partial charge in [0, 0.05) is 10.9 Å². The Morgan fingerprint density at radius 1 is 1.75 bits per heavy atom. The van der Waals surface area contributed by atoms with Gasteiger partial charge in [0.15, 0.2) is 0 Å². The van der Waals surface area contributed by atoms with Crippen LogP contribution in [0.2, 0.25) is 0 Å². The van der Waals surface area contributed by atoms with Crippen LogP contribution >= 0.6 is 11.3 Å². The number of esters is 1. The van der Waals surface area contributed by atoms with Gasteiger partial charge < -0.3 is 10.5 Å². The van der Waals surface area contributed by atoms with Crippen LogP contribution in [0.4, 0.5) is 0 Å². The molecule has 1 aromatic rings. The summed E-state index contributed by atoms with van der Waals surface area (Å²) >= 11 is 1.48. The van der Waals surface area contributed by atoms with Crippen molar-refractivity contribution in [1.29, 1.82) is 0 Å². The van der Waals surface area contributed by atoms with Crippen molar-refractivity contribution in [3.05, 3.63) is 21.9 Å². The fourth-order valence-electron chi connectivity index (χ4n) is 0.952. The van der Waals surface area contributed by atoms with Crippen molar-refractivity contribution in [2.24, 2.45) is 5.73 Å². The summed E-state index contributed by atoms with van der Waals surface area (Å²) in [6, 6.07) is 1.62. The second-order valence-corrected chi connectivity index (χ2v) is 3.43. The van der Waals surface area contributed by atoms with Gasteiger partial charge in [0.2, 0.25) is 0 Å². The van der Waals surface area contributed by atoms with Crippen LogP contribution in [0, 0.1) is 0 Å². The molecule has 66 valence electrons. The number of thiophene rings is 1. The molecule has 0 spiro atoms. The zero-order valence-electron chi connectivity index (χ0n) is 7.03. The fourth-order valence-corrected chi connectivity index (χ4v) is 1.80. The number of hydrogen-bond acceptors (Lipinski definition) is 4. The van der Waals surface area contributed by atoms with E-state index in [0.29, 0.717) is 5.56 Å². The largest absolute Gasteiger partial charge is 0.465 e. The topological polar surface area (TPSA) is 52.3 Å².